The van der Waals surface area contributed by atoms with E-state index >= 15 is 0 Å². The molecule has 0 spiro atoms. The minimum atomic E-state index is -0.663. The number of nitrogens with zero attached hydrogens (tertiary/aromatic N) is 1. The Balaban J connectivity index is 2.29. The fourth-order valence-electron chi connectivity index (χ4n) is 3.29. The number of ether oxygens (including phenoxy) is 2. The fraction of sp³-hybridized carbons (Fsp3) is 0.591. The average Bonchev–Trinajstić information content (AvgIpc) is 2.99. The molecule has 2 rings (SSSR count). The van der Waals surface area contributed by atoms with Crippen molar-refractivity contribution in [1.29, 1.82) is 0 Å². The van der Waals surface area contributed by atoms with Crippen molar-refractivity contribution in [2.45, 2.75) is 59.6 Å². The zero-order valence-electron chi connectivity index (χ0n) is 17.6. The summed E-state index contributed by atoms with van der Waals surface area (Å²) >= 11 is 0. The molecule has 0 bridgehead atoms. The molecule has 0 saturated carbocycles. The molecule has 1 saturated heterocycles. The van der Waals surface area contributed by atoms with Gasteiger partial charge >= 0.3 is 12.1 Å². The van der Waals surface area contributed by atoms with Crippen LogP contribution in [0.5, 0.6) is 0 Å². The number of rotatable bonds is 6. The number of amides is 2. The van der Waals surface area contributed by atoms with Crippen molar-refractivity contribution < 1.29 is 23.9 Å². The number of carbonyl (C=O) groups excluding carboxylic acids is 3. The summed E-state index contributed by atoms with van der Waals surface area (Å²) < 4.78 is 10.6. The van der Waals surface area contributed by atoms with Gasteiger partial charge in [0.15, 0.2) is 0 Å². The Kier molecular flexibility index (Phi) is 6.86. The maximum absolute atomic E-state index is 13.4. The van der Waals surface area contributed by atoms with E-state index in [4.69, 9.17) is 9.47 Å². The Morgan fingerprint density at radius 2 is 1.79 bits per heavy atom. The third-order valence-corrected chi connectivity index (χ3v) is 5.10. The molecule has 3 atom stereocenters. The summed E-state index contributed by atoms with van der Waals surface area (Å²) in [6.07, 6.45) is -0.732. The van der Waals surface area contributed by atoms with Gasteiger partial charge in [0.25, 0.3) is 0 Å². The molecule has 1 aliphatic heterocycles. The van der Waals surface area contributed by atoms with Crippen LogP contribution in [0.4, 0.5) is 4.79 Å². The van der Waals surface area contributed by atoms with Gasteiger partial charge in [0.2, 0.25) is 5.91 Å². The molecule has 6 heteroatoms. The summed E-state index contributed by atoms with van der Waals surface area (Å²) in [5.41, 5.74) is 0.195. The van der Waals surface area contributed by atoms with Crippen LogP contribution in [0.2, 0.25) is 0 Å². The number of benzene rings is 1. The molecule has 28 heavy (non-hydrogen) atoms. The number of esters is 1. The van der Waals surface area contributed by atoms with Crippen LogP contribution in [0.3, 0.4) is 0 Å². The summed E-state index contributed by atoms with van der Waals surface area (Å²) in [6.45, 7) is 11.4. The number of cyclic esters (lactones) is 1. The van der Waals surface area contributed by atoms with Crippen molar-refractivity contribution in [2.75, 3.05) is 6.61 Å². The minimum absolute atomic E-state index is 0.0687. The van der Waals surface area contributed by atoms with E-state index in [1.165, 1.54) is 4.90 Å². The Hall–Kier alpha value is -2.37. The molecule has 1 aromatic rings. The highest BCUT2D eigenvalue weighted by atomic mass is 16.6. The van der Waals surface area contributed by atoms with Gasteiger partial charge in [-0.25, -0.2) is 9.69 Å². The van der Waals surface area contributed by atoms with Gasteiger partial charge in [0, 0.05) is 0 Å². The van der Waals surface area contributed by atoms with E-state index in [9.17, 15) is 14.4 Å². The first-order chi connectivity index (χ1) is 13.0. The molecule has 0 radical (unpaired) electrons. The smallest absolute Gasteiger partial charge is 0.417 e. The molecule has 0 N–H and O–H groups in total. The van der Waals surface area contributed by atoms with Crippen LogP contribution in [-0.4, -0.2) is 35.1 Å². The first-order valence-electron chi connectivity index (χ1n) is 9.78. The van der Waals surface area contributed by atoms with Crippen LogP contribution in [0.15, 0.2) is 30.3 Å². The summed E-state index contributed by atoms with van der Waals surface area (Å²) in [4.78, 5) is 39.4. The quantitative estimate of drug-likeness (QED) is 0.677. The topological polar surface area (TPSA) is 72.9 Å². The lowest BCUT2D eigenvalue weighted by Crippen LogP contribution is -2.43. The predicted octanol–water partition coefficient (Wildman–Crippen LogP) is 4.35. The lowest BCUT2D eigenvalue weighted by Gasteiger charge is -2.31. The largest absolute Gasteiger partial charge is 0.460 e. The van der Waals surface area contributed by atoms with E-state index in [2.05, 4.69) is 0 Å². The molecule has 1 heterocycles. The first kappa shape index (κ1) is 21.9. The monoisotopic (exact) mass is 389 g/mol. The Morgan fingerprint density at radius 3 is 2.32 bits per heavy atom. The highest BCUT2D eigenvalue weighted by Crippen LogP contribution is 2.34. The van der Waals surface area contributed by atoms with Crippen molar-refractivity contribution >= 4 is 18.0 Å². The van der Waals surface area contributed by atoms with Crippen LogP contribution in [0.25, 0.3) is 0 Å². The minimum Gasteiger partial charge on any atom is -0.460 e. The van der Waals surface area contributed by atoms with E-state index in [-0.39, 0.29) is 30.8 Å². The second-order valence-corrected chi connectivity index (χ2v) is 8.71. The van der Waals surface area contributed by atoms with Gasteiger partial charge in [0.1, 0.15) is 18.2 Å². The Morgan fingerprint density at radius 1 is 1.18 bits per heavy atom. The molecular weight excluding hydrogens is 358 g/mol. The van der Waals surface area contributed by atoms with Gasteiger partial charge < -0.3 is 9.47 Å². The van der Waals surface area contributed by atoms with E-state index in [1.807, 2.05) is 51.1 Å². The van der Waals surface area contributed by atoms with Crippen LogP contribution in [0.1, 0.15) is 59.6 Å². The lowest BCUT2D eigenvalue weighted by atomic mass is 9.81. The molecule has 1 aromatic carbocycles. The number of carbonyl (C=O) groups is 3. The summed E-state index contributed by atoms with van der Waals surface area (Å²) in [7, 11) is 0. The van der Waals surface area contributed by atoms with E-state index in [0.29, 0.717) is 0 Å². The molecule has 0 aromatic heterocycles. The standard InChI is InChI=1S/C22H31NO5/c1-14(2)15(3)17(12-19(24)28-22(4,5)6)20(25)23-18(13-27-21(23)26)16-10-8-7-9-11-16/h7-11,14-15,17-18H,12-13H2,1-6H3/t15?,17-,18?/m1/s1. The molecule has 154 valence electrons. The molecule has 6 nitrogen and oxygen atoms in total. The van der Waals surface area contributed by atoms with Crippen molar-refractivity contribution in [3.05, 3.63) is 35.9 Å². The number of hydrogen-bond acceptors (Lipinski definition) is 5. The van der Waals surface area contributed by atoms with Crippen molar-refractivity contribution in [2.24, 2.45) is 17.8 Å². The van der Waals surface area contributed by atoms with Crippen molar-refractivity contribution in [3.8, 4) is 0 Å². The second kappa shape index (κ2) is 8.76. The van der Waals surface area contributed by atoms with Gasteiger partial charge in [0.05, 0.1) is 12.3 Å². The highest BCUT2D eigenvalue weighted by Gasteiger charge is 2.44. The molecule has 1 fully saturated rings. The van der Waals surface area contributed by atoms with Gasteiger partial charge in [-0.05, 0) is 38.2 Å². The first-order valence-corrected chi connectivity index (χ1v) is 9.78. The number of hydrogen-bond donors (Lipinski definition) is 0. The SMILES string of the molecule is CC(C)C(C)[C@@H](CC(=O)OC(C)(C)C)C(=O)N1C(=O)OCC1c1ccccc1. The molecule has 2 amide bonds. The molecule has 2 unspecified atom stereocenters. The van der Waals surface area contributed by atoms with Crippen molar-refractivity contribution in [3.63, 3.8) is 0 Å². The van der Waals surface area contributed by atoms with Crippen LogP contribution in [0, 0.1) is 17.8 Å². The summed E-state index contributed by atoms with van der Waals surface area (Å²) in [6, 6.07) is 8.83. The maximum Gasteiger partial charge on any atom is 0.417 e. The van der Waals surface area contributed by atoms with E-state index in [0.717, 1.165) is 5.56 Å². The summed E-state index contributed by atoms with van der Waals surface area (Å²) in [5, 5.41) is 0. The maximum atomic E-state index is 13.4. The molecule has 1 aliphatic rings. The fourth-order valence-corrected chi connectivity index (χ4v) is 3.29. The zero-order valence-corrected chi connectivity index (χ0v) is 17.6. The van der Waals surface area contributed by atoms with Gasteiger partial charge in [-0.3, -0.25) is 9.59 Å². The third kappa shape index (κ3) is 5.33. The van der Waals surface area contributed by atoms with E-state index in [1.54, 1.807) is 20.8 Å². The second-order valence-electron chi connectivity index (χ2n) is 8.71. The Bertz CT molecular complexity index is 707. The summed E-state index contributed by atoms with van der Waals surface area (Å²) in [5.74, 6) is -1.44. The van der Waals surface area contributed by atoms with Gasteiger partial charge in [-0.1, -0.05) is 51.1 Å². The Labute approximate surface area is 167 Å². The highest BCUT2D eigenvalue weighted by molar-refractivity contribution is 5.96. The lowest BCUT2D eigenvalue weighted by molar-refractivity contribution is -0.159. The third-order valence-electron chi connectivity index (χ3n) is 5.10. The van der Waals surface area contributed by atoms with Crippen LogP contribution >= 0.6 is 0 Å². The predicted molar refractivity (Wildman–Crippen MR) is 105 cm³/mol. The van der Waals surface area contributed by atoms with Crippen molar-refractivity contribution in [1.82, 2.24) is 4.90 Å². The molecular formula is C22H31NO5. The van der Waals surface area contributed by atoms with Gasteiger partial charge in [-0.2, -0.15) is 0 Å². The van der Waals surface area contributed by atoms with E-state index < -0.39 is 29.6 Å². The van der Waals surface area contributed by atoms with Crippen LogP contribution in [-0.2, 0) is 19.1 Å². The number of imide groups is 1. The van der Waals surface area contributed by atoms with Crippen LogP contribution < -0.4 is 0 Å². The van der Waals surface area contributed by atoms with Gasteiger partial charge in [-0.15, -0.1) is 0 Å². The zero-order chi connectivity index (χ0) is 21.1. The normalized spacial score (nSPS) is 19.3. The average molecular weight is 389 g/mol. The molecule has 0 aliphatic carbocycles.